The molecule has 0 saturated carbocycles. The number of carbonyl (C=O) groups is 3. The molecule has 0 saturated heterocycles. The Hall–Kier alpha value is -3.93. The Balaban J connectivity index is 4.32. The first-order chi connectivity index (χ1) is 41.0. The highest BCUT2D eigenvalue weighted by molar-refractivity contribution is 5.71. The minimum Gasteiger partial charge on any atom is -0.462 e. The van der Waals surface area contributed by atoms with Crippen molar-refractivity contribution in [1.29, 1.82) is 0 Å². The summed E-state index contributed by atoms with van der Waals surface area (Å²) < 4.78 is 17.0. The predicted octanol–water partition coefficient (Wildman–Crippen LogP) is 24.6. The number of hydrogen-bond acceptors (Lipinski definition) is 6. The van der Waals surface area contributed by atoms with Crippen LogP contribution in [0, 0.1) is 0 Å². The Morgan fingerprint density at radius 3 is 0.759 bits per heavy atom. The number of hydrogen-bond donors (Lipinski definition) is 0. The average Bonchev–Trinajstić information content (AvgIpc) is 3.49. The van der Waals surface area contributed by atoms with E-state index in [4.69, 9.17) is 14.2 Å². The molecule has 0 fully saturated rings. The van der Waals surface area contributed by atoms with E-state index in [0.29, 0.717) is 19.3 Å². The number of esters is 3. The van der Waals surface area contributed by atoms with Gasteiger partial charge >= 0.3 is 17.9 Å². The molecule has 0 amide bonds. The third-order valence-corrected chi connectivity index (χ3v) is 15.3. The first-order valence-corrected chi connectivity index (χ1v) is 35.4. The van der Waals surface area contributed by atoms with Crippen LogP contribution in [0.2, 0.25) is 0 Å². The third-order valence-electron chi connectivity index (χ3n) is 15.3. The van der Waals surface area contributed by atoms with Crippen molar-refractivity contribution >= 4 is 17.9 Å². The highest BCUT2D eigenvalue weighted by atomic mass is 16.6. The number of unbranched alkanes of at least 4 members (excludes halogenated alkanes) is 35. The average molecular weight is 1150 g/mol. The fraction of sp³-hybridized carbons (Fsp3) is 0.727. The van der Waals surface area contributed by atoms with Gasteiger partial charge in [0.25, 0.3) is 0 Å². The van der Waals surface area contributed by atoms with E-state index in [2.05, 4.69) is 130 Å². The van der Waals surface area contributed by atoms with Gasteiger partial charge in [-0.2, -0.15) is 0 Å². The normalized spacial score (nSPS) is 12.8. The molecule has 0 aliphatic rings. The molecule has 0 N–H and O–H groups in total. The first-order valence-electron chi connectivity index (χ1n) is 35.4. The van der Waals surface area contributed by atoms with Gasteiger partial charge < -0.3 is 14.2 Å². The maximum Gasteiger partial charge on any atom is 0.306 e. The van der Waals surface area contributed by atoms with Crippen LogP contribution < -0.4 is 0 Å². The molecule has 1 atom stereocenters. The van der Waals surface area contributed by atoms with Gasteiger partial charge in [-0.05, 0) is 109 Å². The molecule has 6 nitrogen and oxygen atoms in total. The maximum absolute atomic E-state index is 12.9. The van der Waals surface area contributed by atoms with Gasteiger partial charge in [0, 0.05) is 19.3 Å². The van der Waals surface area contributed by atoms with Crippen molar-refractivity contribution in [2.75, 3.05) is 13.2 Å². The smallest absolute Gasteiger partial charge is 0.306 e. The number of rotatable bonds is 64. The topological polar surface area (TPSA) is 78.9 Å². The number of carbonyl (C=O) groups excluding carboxylic acids is 3. The molecule has 0 aromatic rings. The van der Waals surface area contributed by atoms with Crippen LogP contribution in [-0.2, 0) is 28.6 Å². The molecule has 0 spiro atoms. The van der Waals surface area contributed by atoms with E-state index in [-0.39, 0.29) is 31.1 Å². The van der Waals surface area contributed by atoms with Crippen molar-refractivity contribution in [3.8, 4) is 0 Å². The second kappa shape index (κ2) is 70.6. The van der Waals surface area contributed by atoms with E-state index >= 15 is 0 Å². The summed E-state index contributed by atoms with van der Waals surface area (Å²) in [5, 5.41) is 0. The molecule has 83 heavy (non-hydrogen) atoms. The maximum atomic E-state index is 12.9. The summed E-state index contributed by atoms with van der Waals surface area (Å²) in [4.78, 5) is 38.5. The minimum absolute atomic E-state index is 0.0798. The summed E-state index contributed by atoms with van der Waals surface area (Å²) in [7, 11) is 0. The summed E-state index contributed by atoms with van der Waals surface area (Å²) in [5.41, 5.74) is 0. The molecule has 6 heteroatoms. The van der Waals surface area contributed by atoms with Crippen LogP contribution >= 0.6 is 0 Å². The molecule has 0 aromatic carbocycles. The Kier molecular flexibility index (Phi) is 67.2. The Bertz CT molecular complexity index is 1660. The van der Waals surface area contributed by atoms with Crippen molar-refractivity contribution in [3.63, 3.8) is 0 Å². The van der Waals surface area contributed by atoms with Crippen LogP contribution in [0.25, 0.3) is 0 Å². The van der Waals surface area contributed by atoms with Crippen molar-refractivity contribution in [2.24, 2.45) is 0 Å². The summed E-state index contributed by atoms with van der Waals surface area (Å²) in [6.07, 6.45) is 96.7. The molecular weight excluding hydrogens is 1020 g/mol. The second-order valence-electron chi connectivity index (χ2n) is 23.4. The summed E-state index contributed by atoms with van der Waals surface area (Å²) in [6, 6.07) is 0. The van der Waals surface area contributed by atoms with E-state index in [1.54, 1.807) is 0 Å². The lowest BCUT2D eigenvalue weighted by atomic mass is 10.0. The predicted molar refractivity (Wildman–Crippen MR) is 362 cm³/mol. The van der Waals surface area contributed by atoms with Crippen molar-refractivity contribution < 1.29 is 28.6 Å². The number of ether oxygens (including phenoxy) is 3. The zero-order valence-electron chi connectivity index (χ0n) is 54.7. The van der Waals surface area contributed by atoms with Crippen molar-refractivity contribution in [1.82, 2.24) is 0 Å². The van der Waals surface area contributed by atoms with Gasteiger partial charge in [-0.25, -0.2) is 0 Å². The van der Waals surface area contributed by atoms with Crippen LogP contribution in [0.1, 0.15) is 342 Å². The highest BCUT2D eigenvalue weighted by Crippen LogP contribution is 2.17. The molecule has 476 valence electrons. The largest absolute Gasteiger partial charge is 0.462 e. The van der Waals surface area contributed by atoms with E-state index in [1.807, 2.05) is 0 Å². The SMILES string of the molecule is CC/C=C\C/C=C\C/C=C\C/C=C\C/C=C\C/C=C\C/C=C\CCCCCCCCCCCC(=O)OCC(COC(=O)CCCCCCCCCCCCCCCCCCC)OC(=O)CCCCCCCCC/C=C\C/C=C\CCCCC. The molecule has 0 aliphatic heterocycles. The van der Waals surface area contributed by atoms with Crippen LogP contribution in [0.4, 0.5) is 0 Å². The zero-order valence-corrected chi connectivity index (χ0v) is 54.7. The van der Waals surface area contributed by atoms with Gasteiger partial charge in [0.05, 0.1) is 0 Å². The molecule has 1 unspecified atom stereocenters. The van der Waals surface area contributed by atoms with E-state index in [1.165, 1.54) is 180 Å². The van der Waals surface area contributed by atoms with Gasteiger partial charge in [-0.3, -0.25) is 14.4 Å². The molecule has 0 heterocycles. The second-order valence-corrected chi connectivity index (χ2v) is 23.4. The number of allylic oxidation sites excluding steroid dienone is 18. The first kappa shape index (κ1) is 79.1. The quantitative estimate of drug-likeness (QED) is 0.0261. The van der Waals surface area contributed by atoms with Crippen LogP contribution in [0.3, 0.4) is 0 Å². The van der Waals surface area contributed by atoms with Gasteiger partial charge in [0.15, 0.2) is 6.10 Å². The highest BCUT2D eigenvalue weighted by Gasteiger charge is 2.19. The van der Waals surface area contributed by atoms with Gasteiger partial charge in [0.1, 0.15) is 13.2 Å². The standard InChI is InChI=1S/C77H132O6/c1-4-7-10-13-16-19-22-25-28-31-32-33-34-35-36-37-38-39-40-41-42-43-44-47-49-52-55-58-61-64-67-70-76(79)82-73-74(83-77(80)71-68-65-62-59-56-53-50-46-30-27-24-21-18-15-12-9-6-3)72-81-75(78)69-66-63-60-57-54-51-48-45-29-26-23-20-17-14-11-8-5-2/h7,10,16,18-19,21,25,27-28,30,32-33,35-36,38-39,41-42,74H,4-6,8-9,11-15,17,20,22-24,26,29,31,34,37,40,43-73H2,1-3H3/b10-7-,19-16-,21-18-,28-25-,30-27-,33-32-,36-35-,39-38-,42-41-. The lowest BCUT2D eigenvalue weighted by molar-refractivity contribution is -0.167. The molecule has 0 radical (unpaired) electrons. The fourth-order valence-corrected chi connectivity index (χ4v) is 9.99. The van der Waals surface area contributed by atoms with Gasteiger partial charge in [-0.15, -0.1) is 0 Å². The molecule has 0 aliphatic carbocycles. The lowest BCUT2D eigenvalue weighted by Crippen LogP contribution is -2.30. The monoisotopic (exact) mass is 1150 g/mol. The summed E-state index contributed by atoms with van der Waals surface area (Å²) in [6.45, 7) is 6.53. The third kappa shape index (κ3) is 68.7. The summed E-state index contributed by atoms with van der Waals surface area (Å²) in [5.74, 6) is -0.878. The van der Waals surface area contributed by atoms with Crippen LogP contribution in [0.15, 0.2) is 109 Å². The Labute approximate surface area is 514 Å². The van der Waals surface area contributed by atoms with Crippen LogP contribution in [-0.4, -0.2) is 37.2 Å². The summed E-state index contributed by atoms with van der Waals surface area (Å²) >= 11 is 0. The minimum atomic E-state index is -0.786. The van der Waals surface area contributed by atoms with E-state index in [9.17, 15) is 14.4 Å². The van der Waals surface area contributed by atoms with Gasteiger partial charge in [0.2, 0.25) is 0 Å². The van der Waals surface area contributed by atoms with Crippen LogP contribution in [0.5, 0.6) is 0 Å². The Morgan fingerprint density at radius 2 is 0.470 bits per heavy atom. The zero-order chi connectivity index (χ0) is 59.9. The molecular formula is C77H132O6. The van der Waals surface area contributed by atoms with Crippen molar-refractivity contribution in [2.45, 2.75) is 348 Å². The molecule has 0 aromatic heterocycles. The lowest BCUT2D eigenvalue weighted by Gasteiger charge is -2.18. The van der Waals surface area contributed by atoms with Gasteiger partial charge in [-0.1, -0.05) is 323 Å². The fourth-order valence-electron chi connectivity index (χ4n) is 9.99. The Morgan fingerprint density at radius 1 is 0.253 bits per heavy atom. The molecule has 0 rings (SSSR count). The van der Waals surface area contributed by atoms with E-state index in [0.717, 1.165) is 122 Å². The van der Waals surface area contributed by atoms with Crippen molar-refractivity contribution in [3.05, 3.63) is 109 Å². The van der Waals surface area contributed by atoms with E-state index < -0.39 is 6.10 Å². The molecule has 0 bridgehead atoms.